The normalized spacial score (nSPS) is 11.6. The van der Waals surface area contributed by atoms with Crippen LogP contribution >= 0.6 is 0 Å². The first-order chi connectivity index (χ1) is 27.3. The largest absolute Gasteiger partial charge is 0.310 e. The maximum Gasteiger partial charge on any atom is 0.0468 e. The maximum absolute atomic E-state index is 2.40. The zero-order chi connectivity index (χ0) is 36.3. The quantitative estimate of drug-likeness (QED) is 0.162. The zero-order valence-corrected chi connectivity index (χ0v) is 30.2. The van der Waals surface area contributed by atoms with Crippen molar-refractivity contribution < 1.29 is 0 Å². The number of rotatable bonds is 5. The molecule has 0 aromatic heterocycles. The molecule has 0 heterocycles. The minimum Gasteiger partial charge on any atom is -0.310 e. The van der Waals surface area contributed by atoms with Crippen molar-refractivity contribution in [3.05, 3.63) is 212 Å². The molecule has 0 saturated carbocycles. The summed E-state index contributed by atoms with van der Waals surface area (Å²) in [5.74, 6) is 0. The summed E-state index contributed by atoms with van der Waals surface area (Å²) in [6.45, 7) is 0. The molecule has 1 heteroatoms. The van der Waals surface area contributed by atoms with Gasteiger partial charge in [-0.25, -0.2) is 0 Å². The summed E-state index contributed by atoms with van der Waals surface area (Å²) in [5.41, 5.74) is 8.20. The summed E-state index contributed by atoms with van der Waals surface area (Å²) in [6.07, 6.45) is 0. The van der Waals surface area contributed by atoms with E-state index in [9.17, 15) is 0 Å². The van der Waals surface area contributed by atoms with E-state index < -0.39 is 0 Å². The average Bonchev–Trinajstić information content (AvgIpc) is 3.27. The monoisotopic (exact) mass is 697 g/mol. The number of hydrogen-bond donors (Lipinski definition) is 0. The molecule has 0 amide bonds. The highest BCUT2D eigenvalue weighted by atomic mass is 15.1. The van der Waals surface area contributed by atoms with Gasteiger partial charge in [-0.2, -0.15) is 0 Å². The fourth-order valence-electron chi connectivity index (χ4n) is 8.82. The molecular formula is C54H35N. The van der Waals surface area contributed by atoms with Crippen LogP contribution in [-0.2, 0) is 0 Å². The van der Waals surface area contributed by atoms with Gasteiger partial charge in [-0.3, -0.25) is 0 Å². The molecule has 11 aromatic rings. The van der Waals surface area contributed by atoms with Gasteiger partial charge >= 0.3 is 0 Å². The third kappa shape index (κ3) is 5.16. The Labute approximate surface area is 320 Å². The van der Waals surface area contributed by atoms with Gasteiger partial charge in [0.1, 0.15) is 0 Å². The Morgan fingerprint density at radius 1 is 0.236 bits per heavy atom. The lowest BCUT2D eigenvalue weighted by atomic mass is 9.91. The lowest BCUT2D eigenvalue weighted by Crippen LogP contribution is -2.10. The molecule has 0 aliphatic heterocycles. The molecular weight excluding hydrogens is 663 g/mol. The Morgan fingerprint density at radius 2 is 0.691 bits per heavy atom. The molecule has 0 spiro atoms. The van der Waals surface area contributed by atoms with Gasteiger partial charge in [0.2, 0.25) is 0 Å². The summed E-state index contributed by atoms with van der Waals surface area (Å²) >= 11 is 0. The van der Waals surface area contributed by atoms with Crippen molar-refractivity contribution in [2.45, 2.75) is 0 Å². The van der Waals surface area contributed by atoms with Crippen molar-refractivity contribution in [2.24, 2.45) is 0 Å². The van der Waals surface area contributed by atoms with E-state index in [4.69, 9.17) is 0 Å². The van der Waals surface area contributed by atoms with Crippen LogP contribution in [0.1, 0.15) is 0 Å². The predicted molar refractivity (Wildman–Crippen MR) is 237 cm³/mol. The van der Waals surface area contributed by atoms with E-state index in [2.05, 4.69) is 217 Å². The van der Waals surface area contributed by atoms with E-state index in [0.29, 0.717) is 0 Å². The van der Waals surface area contributed by atoms with Crippen LogP contribution in [0, 0.1) is 0 Å². The van der Waals surface area contributed by atoms with Crippen molar-refractivity contribution in [1.29, 1.82) is 0 Å². The van der Waals surface area contributed by atoms with Crippen LogP contribution < -0.4 is 4.90 Å². The summed E-state index contributed by atoms with van der Waals surface area (Å²) < 4.78 is 0. The number of nitrogens with zero attached hydrogens (tertiary/aromatic N) is 1. The van der Waals surface area contributed by atoms with E-state index in [1.165, 1.54) is 86.9 Å². The average molecular weight is 698 g/mol. The first-order valence-electron chi connectivity index (χ1n) is 19.0. The fraction of sp³-hybridized carbons (Fsp3) is 0. The van der Waals surface area contributed by atoms with Gasteiger partial charge in [0.15, 0.2) is 0 Å². The number of hydrogen-bond acceptors (Lipinski definition) is 1. The van der Waals surface area contributed by atoms with Gasteiger partial charge < -0.3 is 4.90 Å². The van der Waals surface area contributed by atoms with E-state index in [1.54, 1.807) is 0 Å². The van der Waals surface area contributed by atoms with Crippen LogP contribution in [0.2, 0.25) is 0 Å². The third-order valence-corrected chi connectivity index (χ3v) is 11.4. The predicted octanol–water partition coefficient (Wildman–Crippen LogP) is 15.4. The summed E-state index contributed by atoms with van der Waals surface area (Å²) in [4.78, 5) is 2.40. The van der Waals surface area contributed by atoms with Crippen LogP contribution in [0.3, 0.4) is 0 Å². The van der Waals surface area contributed by atoms with E-state index >= 15 is 0 Å². The van der Waals surface area contributed by atoms with Crippen molar-refractivity contribution in [2.75, 3.05) is 4.90 Å². The lowest BCUT2D eigenvalue weighted by molar-refractivity contribution is 1.29. The maximum atomic E-state index is 2.40. The second-order valence-electron chi connectivity index (χ2n) is 14.5. The SMILES string of the molecule is c1ccc(-c2ccc(N(c3ccc(-c4cccc5ccc6ccc7ccccc7c6c45)cc3)c3ccc4c5ccccc5c5ccccc5c4c3)cc2)cc1. The molecule has 0 atom stereocenters. The molecule has 11 rings (SSSR count). The van der Waals surface area contributed by atoms with Gasteiger partial charge in [0, 0.05) is 17.1 Å². The molecule has 1 nitrogen and oxygen atoms in total. The standard InChI is InChI=1S/C54H35N/c1-2-11-36(12-3-1)37-25-29-42(30-26-37)55(44-33-34-51-49-18-7-6-16-47(49)48-17-8-9-19-50(48)52(51)35-44)43-31-27-39(28-32-43)46-20-10-14-40-23-24-41-22-21-38-13-4-5-15-45(38)54(41)53(40)46/h1-35H. The van der Waals surface area contributed by atoms with Gasteiger partial charge in [-0.1, -0.05) is 176 Å². The van der Waals surface area contributed by atoms with Crippen molar-refractivity contribution in [3.8, 4) is 22.3 Å². The van der Waals surface area contributed by atoms with Crippen molar-refractivity contribution in [3.63, 3.8) is 0 Å². The molecule has 0 fully saturated rings. The highest BCUT2D eigenvalue weighted by Gasteiger charge is 2.17. The second kappa shape index (κ2) is 12.7. The number of fused-ring (bicyclic) bond motifs is 11. The Bertz CT molecular complexity index is 3190. The highest BCUT2D eigenvalue weighted by Crippen LogP contribution is 2.43. The summed E-state index contributed by atoms with van der Waals surface area (Å²) in [7, 11) is 0. The lowest BCUT2D eigenvalue weighted by Gasteiger charge is -2.27. The zero-order valence-electron chi connectivity index (χ0n) is 30.2. The molecule has 0 N–H and O–H groups in total. The molecule has 0 bridgehead atoms. The summed E-state index contributed by atoms with van der Waals surface area (Å²) in [6, 6.07) is 77.8. The van der Waals surface area contributed by atoms with Crippen molar-refractivity contribution in [1.82, 2.24) is 0 Å². The summed E-state index contributed by atoms with van der Waals surface area (Å²) in [5, 5.41) is 15.3. The molecule has 0 saturated heterocycles. The van der Waals surface area contributed by atoms with Crippen LogP contribution in [0.5, 0.6) is 0 Å². The molecule has 0 aliphatic rings. The number of benzene rings is 11. The first-order valence-corrected chi connectivity index (χ1v) is 19.0. The molecule has 11 aromatic carbocycles. The van der Waals surface area contributed by atoms with Crippen LogP contribution in [0.15, 0.2) is 212 Å². The second-order valence-corrected chi connectivity index (χ2v) is 14.5. The third-order valence-electron chi connectivity index (χ3n) is 11.4. The Kier molecular flexibility index (Phi) is 7.25. The highest BCUT2D eigenvalue weighted by molar-refractivity contribution is 6.26. The van der Waals surface area contributed by atoms with E-state index in [-0.39, 0.29) is 0 Å². The van der Waals surface area contributed by atoms with Gasteiger partial charge in [0.05, 0.1) is 0 Å². The minimum absolute atomic E-state index is 1.11. The molecule has 256 valence electrons. The fourth-order valence-corrected chi connectivity index (χ4v) is 8.82. The number of anilines is 3. The Hall–Kier alpha value is -7.22. The Morgan fingerprint density at radius 3 is 1.35 bits per heavy atom. The molecule has 0 aliphatic carbocycles. The van der Waals surface area contributed by atoms with Gasteiger partial charge in [-0.05, 0) is 123 Å². The van der Waals surface area contributed by atoms with Gasteiger partial charge in [0.25, 0.3) is 0 Å². The Balaban J connectivity index is 1.10. The van der Waals surface area contributed by atoms with Crippen LogP contribution in [0.25, 0.3) is 86.9 Å². The van der Waals surface area contributed by atoms with Crippen LogP contribution in [-0.4, -0.2) is 0 Å². The van der Waals surface area contributed by atoms with Crippen LogP contribution in [0.4, 0.5) is 17.1 Å². The topological polar surface area (TPSA) is 3.24 Å². The van der Waals surface area contributed by atoms with Gasteiger partial charge in [-0.15, -0.1) is 0 Å². The van der Waals surface area contributed by atoms with Crippen molar-refractivity contribution >= 4 is 81.7 Å². The molecule has 0 unspecified atom stereocenters. The first kappa shape index (κ1) is 31.3. The smallest absolute Gasteiger partial charge is 0.0468 e. The molecule has 0 radical (unpaired) electrons. The minimum atomic E-state index is 1.11. The van der Waals surface area contributed by atoms with E-state index in [1.807, 2.05) is 0 Å². The van der Waals surface area contributed by atoms with E-state index in [0.717, 1.165) is 17.1 Å². The molecule has 55 heavy (non-hydrogen) atoms.